The SMILES string of the molecule is Cc1ccn2c(NCCc3cccc(Cl)c3)c(-c3ccccc3O)nc2c1. The first-order valence-electron chi connectivity index (χ1n) is 8.87. The second-order valence-corrected chi connectivity index (χ2v) is 7.00. The van der Waals surface area contributed by atoms with Crippen LogP contribution < -0.4 is 5.32 Å². The van der Waals surface area contributed by atoms with Gasteiger partial charge in [-0.25, -0.2) is 4.98 Å². The first-order chi connectivity index (χ1) is 13.1. The fraction of sp³-hybridized carbons (Fsp3) is 0.136. The van der Waals surface area contributed by atoms with Gasteiger partial charge in [0.1, 0.15) is 22.9 Å². The zero-order valence-electron chi connectivity index (χ0n) is 15.0. The maximum atomic E-state index is 10.3. The summed E-state index contributed by atoms with van der Waals surface area (Å²) in [6.07, 6.45) is 2.84. The third-order valence-electron chi connectivity index (χ3n) is 4.54. The smallest absolute Gasteiger partial charge is 0.139 e. The first-order valence-corrected chi connectivity index (χ1v) is 9.25. The van der Waals surface area contributed by atoms with E-state index in [4.69, 9.17) is 16.6 Å². The van der Waals surface area contributed by atoms with Gasteiger partial charge in [0.25, 0.3) is 0 Å². The lowest BCUT2D eigenvalue weighted by molar-refractivity contribution is 0.477. The van der Waals surface area contributed by atoms with Crippen molar-refractivity contribution >= 4 is 23.1 Å². The number of fused-ring (bicyclic) bond motifs is 1. The average molecular weight is 378 g/mol. The molecule has 2 N–H and O–H groups in total. The van der Waals surface area contributed by atoms with E-state index in [9.17, 15) is 5.11 Å². The number of aryl methyl sites for hydroxylation is 1. The Balaban J connectivity index is 1.69. The van der Waals surface area contributed by atoms with Gasteiger partial charge < -0.3 is 10.4 Å². The Morgan fingerprint density at radius 3 is 2.74 bits per heavy atom. The lowest BCUT2D eigenvalue weighted by Crippen LogP contribution is -2.08. The molecule has 4 nitrogen and oxygen atoms in total. The predicted octanol–water partition coefficient (Wildman–Crippen LogP) is 5.32. The second-order valence-electron chi connectivity index (χ2n) is 6.57. The van der Waals surface area contributed by atoms with Crippen LogP contribution in [0.1, 0.15) is 11.1 Å². The average Bonchev–Trinajstić information content (AvgIpc) is 2.99. The number of halogens is 1. The third-order valence-corrected chi connectivity index (χ3v) is 4.77. The number of phenolic OH excluding ortho intramolecular Hbond substituents is 1. The Labute approximate surface area is 163 Å². The van der Waals surface area contributed by atoms with E-state index in [0.717, 1.165) is 40.7 Å². The molecule has 5 heteroatoms. The van der Waals surface area contributed by atoms with E-state index < -0.39 is 0 Å². The molecule has 4 aromatic rings. The number of aromatic nitrogens is 2. The summed E-state index contributed by atoms with van der Waals surface area (Å²) in [5.41, 5.74) is 4.61. The van der Waals surface area contributed by atoms with Crippen molar-refractivity contribution < 1.29 is 5.11 Å². The van der Waals surface area contributed by atoms with Crippen LogP contribution >= 0.6 is 11.6 Å². The fourth-order valence-electron chi connectivity index (χ4n) is 3.19. The zero-order valence-corrected chi connectivity index (χ0v) is 15.7. The van der Waals surface area contributed by atoms with E-state index in [1.165, 1.54) is 5.56 Å². The van der Waals surface area contributed by atoms with E-state index in [1.807, 2.05) is 66.1 Å². The number of anilines is 1. The number of nitrogens with zero attached hydrogens (tertiary/aromatic N) is 2. The number of nitrogens with one attached hydrogen (secondary N) is 1. The summed E-state index contributed by atoms with van der Waals surface area (Å²) < 4.78 is 2.02. The van der Waals surface area contributed by atoms with Crippen LogP contribution in [0, 0.1) is 6.92 Å². The zero-order chi connectivity index (χ0) is 18.8. The highest BCUT2D eigenvalue weighted by Crippen LogP contribution is 2.34. The molecule has 0 aliphatic carbocycles. The van der Waals surface area contributed by atoms with E-state index in [0.29, 0.717) is 5.56 Å². The van der Waals surface area contributed by atoms with Crippen molar-refractivity contribution in [1.29, 1.82) is 0 Å². The summed E-state index contributed by atoms with van der Waals surface area (Å²) in [7, 11) is 0. The summed E-state index contributed by atoms with van der Waals surface area (Å²) in [5, 5.41) is 14.5. The normalized spacial score (nSPS) is 11.0. The summed E-state index contributed by atoms with van der Waals surface area (Å²) in [6, 6.07) is 19.2. The molecule has 2 aromatic carbocycles. The van der Waals surface area contributed by atoms with Crippen LogP contribution in [0.15, 0.2) is 66.9 Å². The van der Waals surface area contributed by atoms with Gasteiger partial charge in [0.05, 0.1) is 0 Å². The molecule has 2 heterocycles. The molecule has 0 atom stereocenters. The Bertz CT molecular complexity index is 1100. The number of imidazole rings is 1. The van der Waals surface area contributed by atoms with Crippen molar-refractivity contribution in [2.24, 2.45) is 0 Å². The molecular weight excluding hydrogens is 358 g/mol. The van der Waals surface area contributed by atoms with Crippen LogP contribution in [-0.2, 0) is 6.42 Å². The Morgan fingerprint density at radius 2 is 1.93 bits per heavy atom. The molecule has 27 heavy (non-hydrogen) atoms. The monoisotopic (exact) mass is 377 g/mol. The molecule has 0 radical (unpaired) electrons. The number of hydrogen-bond donors (Lipinski definition) is 2. The van der Waals surface area contributed by atoms with Crippen LogP contribution in [-0.4, -0.2) is 21.0 Å². The number of rotatable bonds is 5. The highest BCUT2D eigenvalue weighted by atomic mass is 35.5. The molecule has 0 unspecified atom stereocenters. The van der Waals surface area contributed by atoms with Gasteiger partial charge in [0, 0.05) is 23.3 Å². The molecule has 136 valence electrons. The Morgan fingerprint density at radius 1 is 1.07 bits per heavy atom. The molecule has 2 aromatic heterocycles. The van der Waals surface area contributed by atoms with Crippen molar-refractivity contribution in [2.75, 3.05) is 11.9 Å². The Hall–Kier alpha value is -2.98. The topological polar surface area (TPSA) is 49.6 Å². The molecule has 0 aliphatic rings. The van der Waals surface area contributed by atoms with Gasteiger partial charge >= 0.3 is 0 Å². The van der Waals surface area contributed by atoms with Gasteiger partial charge in [-0.15, -0.1) is 0 Å². The third kappa shape index (κ3) is 3.62. The molecule has 4 rings (SSSR count). The predicted molar refractivity (Wildman–Crippen MR) is 111 cm³/mol. The maximum absolute atomic E-state index is 10.3. The molecule has 0 spiro atoms. The van der Waals surface area contributed by atoms with Gasteiger partial charge in [-0.2, -0.15) is 0 Å². The summed E-state index contributed by atoms with van der Waals surface area (Å²) in [6.45, 7) is 2.77. The number of aromatic hydroxyl groups is 1. The van der Waals surface area contributed by atoms with Crippen LogP contribution in [0.4, 0.5) is 5.82 Å². The fourth-order valence-corrected chi connectivity index (χ4v) is 3.41. The van der Waals surface area contributed by atoms with Gasteiger partial charge in [-0.3, -0.25) is 4.40 Å². The van der Waals surface area contributed by atoms with Crippen LogP contribution in [0.25, 0.3) is 16.9 Å². The molecule has 0 saturated heterocycles. The molecule has 0 fully saturated rings. The molecule has 0 saturated carbocycles. The lowest BCUT2D eigenvalue weighted by Gasteiger charge is -2.10. The molecule has 0 amide bonds. The lowest BCUT2D eigenvalue weighted by atomic mass is 10.1. The second kappa shape index (κ2) is 7.33. The van der Waals surface area contributed by atoms with Crippen LogP contribution in [0.2, 0.25) is 5.02 Å². The molecular formula is C22H20ClN3O. The summed E-state index contributed by atoms with van der Waals surface area (Å²) in [4.78, 5) is 4.76. The van der Waals surface area contributed by atoms with Gasteiger partial charge in [-0.1, -0.05) is 35.9 Å². The maximum Gasteiger partial charge on any atom is 0.139 e. The van der Waals surface area contributed by atoms with Gasteiger partial charge in [0.2, 0.25) is 0 Å². The van der Waals surface area contributed by atoms with Crippen LogP contribution in [0.3, 0.4) is 0 Å². The number of para-hydroxylation sites is 1. The highest BCUT2D eigenvalue weighted by Gasteiger charge is 2.16. The summed E-state index contributed by atoms with van der Waals surface area (Å²) in [5.74, 6) is 1.09. The largest absolute Gasteiger partial charge is 0.507 e. The van der Waals surface area contributed by atoms with E-state index in [1.54, 1.807) is 6.07 Å². The molecule has 0 aliphatic heterocycles. The number of hydrogen-bond acceptors (Lipinski definition) is 3. The first kappa shape index (κ1) is 17.4. The van der Waals surface area contributed by atoms with Crippen molar-refractivity contribution in [2.45, 2.75) is 13.3 Å². The number of benzene rings is 2. The molecule has 0 bridgehead atoms. The summed E-state index contributed by atoms with van der Waals surface area (Å²) >= 11 is 6.08. The number of phenols is 1. The quantitative estimate of drug-likeness (QED) is 0.494. The van der Waals surface area contributed by atoms with Crippen molar-refractivity contribution in [3.05, 3.63) is 83.0 Å². The van der Waals surface area contributed by atoms with Crippen molar-refractivity contribution in [3.8, 4) is 17.0 Å². The van der Waals surface area contributed by atoms with E-state index in [2.05, 4.69) is 11.4 Å². The minimum atomic E-state index is 0.218. The van der Waals surface area contributed by atoms with Gasteiger partial charge in [-0.05, 0) is 60.9 Å². The minimum Gasteiger partial charge on any atom is -0.507 e. The standard InChI is InChI=1S/C22H20ClN3O/c1-15-10-12-26-20(13-15)25-21(18-7-2-3-8-19(18)27)22(26)24-11-9-16-5-4-6-17(23)14-16/h2-8,10,12-14,24,27H,9,11H2,1H3. The minimum absolute atomic E-state index is 0.218. The van der Waals surface area contributed by atoms with Crippen molar-refractivity contribution in [1.82, 2.24) is 9.38 Å². The van der Waals surface area contributed by atoms with Crippen LogP contribution in [0.5, 0.6) is 5.75 Å². The Kier molecular flexibility index (Phi) is 4.73. The van der Waals surface area contributed by atoms with Crippen molar-refractivity contribution in [3.63, 3.8) is 0 Å². The van der Waals surface area contributed by atoms with Gasteiger partial charge in [0.15, 0.2) is 0 Å². The number of pyridine rings is 1. The van der Waals surface area contributed by atoms with E-state index in [-0.39, 0.29) is 5.75 Å². The van der Waals surface area contributed by atoms with E-state index >= 15 is 0 Å². The highest BCUT2D eigenvalue weighted by molar-refractivity contribution is 6.30.